The quantitative estimate of drug-likeness (QED) is 0.800. The third-order valence-corrected chi connectivity index (χ3v) is 3.97. The van der Waals surface area contributed by atoms with Gasteiger partial charge < -0.3 is 5.32 Å². The molecule has 1 aromatic carbocycles. The van der Waals surface area contributed by atoms with Crippen LogP contribution in [0.3, 0.4) is 0 Å². The smallest absolute Gasteiger partial charge is 0.161 e. The zero-order chi connectivity index (χ0) is 15.6. The van der Waals surface area contributed by atoms with Crippen LogP contribution in [0.15, 0.2) is 28.7 Å². The Morgan fingerprint density at radius 1 is 1.24 bits per heavy atom. The van der Waals surface area contributed by atoms with Crippen LogP contribution in [0, 0.1) is 0 Å². The topological polar surface area (TPSA) is 37.8 Å². The Labute approximate surface area is 139 Å². The molecular weight excluding hydrogens is 350 g/mol. The molecule has 0 bridgehead atoms. The van der Waals surface area contributed by atoms with Gasteiger partial charge in [0.05, 0.1) is 10.2 Å². The highest BCUT2D eigenvalue weighted by Crippen LogP contribution is 2.34. The van der Waals surface area contributed by atoms with E-state index >= 15 is 0 Å². The molecule has 0 saturated heterocycles. The van der Waals surface area contributed by atoms with Crippen molar-refractivity contribution in [1.82, 2.24) is 9.97 Å². The summed E-state index contributed by atoms with van der Waals surface area (Å²) in [6.07, 6.45) is 0. The first kappa shape index (κ1) is 16.2. The maximum Gasteiger partial charge on any atom is 0.161 e. The van der Waals surface area contributed by atoms with Crippen molar-refractivity contribution in [2.75, 3.05) is 11.9 Å². The summed E-state index contributed by atoms with van der Waals surface area (Å²) in [7, 11) is 0. The Kier molecular flexibility index (Phi) is 4.89. The monoisotopic (exact) mass is 367 g/mol. The van der Waals surface area contributed by atoms with Gasteiger partial charge in [0.2, 0.25) is 0 Å². The van der Waals surface area contributed by atoms with Crippen molar-refractivity contribution in [3.63, 3.8) is 0 Å². The lowest BCUT2D eigenvalue weighted by molar-refractivity contribution is 0.564. The molecule has 0 spiro atoms. The van der Waals surface area contributed by atoms with Gasteiger partial charge in [0.1, 0.15) is 5.82 Å². The van der Waals surface area contributed by atoms with E-state index in [-0.39, 0.29) is 5.41 Å². The van der Waals surface area contributed by atoms with Gasteiger partial charge >= 0.3 is 0 Å². The van der Waals surface area contributed by atoms with Gasteiger partial charge in [0, 0.05) is 22.5 Å². The number of aromatic nitrogens is 2. The molecular formula is C16H19BrClN3. The largest absolute Gasteiger partial charge is 0.369 e. The first-order valence-electron chi connectivity index (χ1n) is 6.90. The van der Waals surface area contributed by atoms with Crippen LogP contribution in [0.4, 0.5) is 5.82 Å². The number of nitrogens with zero attached hydrogens (tertiary/aromatic N) is 2. The van der Waals surface area contributed by atoms with Crippen molar-refractivity contribution >= 4 is 33.3 Å². The summed E-state index contributed by atoms with van der Waals surface area (Å²) in [5.74, 6) is 1.49. The van der Waals surface area contributed by atoms with Crippen molar-refractivity contribution in [2.45, 2.75) is 33.1 Å². The molecule has 0 aliphatic rings. The second-order valence-electron chi connectivity index (χ2n) is 5.85. The van der Waals surface area contributed by atoms with Crippen LogP contribution in [0.2, 0.25) is 5.02 Å². The van der Waals surface area contributed by atoms with Crippen LogP contribution in [0.5, 0.6) is 0 Å². The van der Waals surface area contributed by atoms with E-state index in [0.717, 1.165) is 28.1 Å². The van der Waals surface area contributed by atoms with Crippen LogP contribution in [0.1, 0.15) is 33.4 Å². The minimum Gasteiger partial charge on any atom is -0.369 e. The van der Waals surface area contributed by atoms with Crippen molar-refractivity contribution in [1.29, 1.82) is 0 Å². The first-order valence-corrected chi connectivity index (χ1v) is 8.08. The molecule has 0 fully saturated rings. The lowest BCUT2D eigenvalue weighted by Crippen LogP contribution is -2.17. The van der Waals surface area contributed by atoms with E-state index in [2.05, 4.69) is 47.0 Å². The van der Waals surface area contributed by atoms with E-state index < -0.39 is 0 Å². The predicted octanol–water partition coefficient (Wildman–Crippen LogP) is 5.29. The van der Waals surface area contributed by atoms with Crippen LogP contribution < -0.4 is 5.32 Å². The summed E-state index contributed by atoms with van der Waals surface area (Å²) in [6, 6.07) is 7.61. The highest BCUT2D eigenvalue weighted by molar-refractivity contribution is 9.10. The highest BCUT2D eigenvalue weighted by atomic mass is 79.9. The molecule has 0 radical (unpaired) electrons. The minimum absolute atomic E-state index is 0.0841. The van der Waals surface area contributed by atoms with Gasteiger partial charge in [-0.2, -0.15) is 0 Å². The molecule has 0 aliphatic heterocycles. The normalized spacial score (nSPS) is 11.5. The van der Waals surface area contributed by atoms with E-state index in [1.807, 2.05) is 31.2 Å². The third-order valence-electron chi connectivity index (χ3n) is 2.99. The highest BCUT2D eigenvalue weighted by Gasteiger charge is 2.23. The number of hydrogen-bond donors (Lipinski definition) is 1. The summed E-state index contributed by atoms with van der Waals surface area (Å²) in [5.41, 5.74) is 1.81. The number of nitrogens with one attached hydrogen (secondary N) is 1. The zero-order valence-electron chi connectivity index (χ0n) is 12.7. The zero-order valence-corrected chi connectivity index (χ0v) is 15.0. The Morgan fingerprint density at radius 2 is 1.95 bits per heavy atom. The number of benzene rings is 1. The second-order valence-corrected chi connectivity index (χ2v) is 7.08. The average Bonchev–Trinajstić information content (AvgIpc) is 2.40. The maximum absolute atomic E-state index is 6.08. The molecule has 0 unspecified atom stereocenters. The molecule has 2 aromatic rings. The number of anilines is 1. The van der Waals surface area contributed by atoms with Gasteiger partial charge in [-0.3, -0.25) is 0 Å². The molecule has 0 aliphatic carbocycles. The standard InChI is InChI=1S/C16H19BrClN3/c1-5-19-15-12(17)13(16(2,3)4)20-14(21-15)10-7-6-8-11(18)9-10/h6-9H,5H2,1-4H3,(H,19,20,21). The van der Waals surface area contributed by atoms with Crippen LogP contribution in [0.25, 0.3) is 11.4 Å². The van der Waals surface area contributed by atoms with Crippen molar-refractivity contribution in [3.05, 3.63) is 39.5 Å². The Balaban J connectivity index is 2.64. The van der Waals surface area contributed by atoms with Crippen LogP contribution >= 0.6 is 27.5 Å². The van der Waals surface area contributed by atoms with Crippen molar-refractivity contribution < 1.29 is 0 Å². The Morgan fingerprint density at radius 3 is 2.52 bits per heavy atom. The van der Waals surface area contributed by atoms with Gasteiger partial charge in [-0.05, 0) is 35.0 Å². The second kappa shape index (κ2) is 6.32. The average molecular weight is 369 g/mol. The fourth-order valence-corrected chi connectivity index (χ4v) is 3.09. The fraction of sp³-hybridized carbons (Fsp3) is 0.375. The molecule has 21 heavy (non-hydrogen) atoms. The molecule has 0 atom stereocenters. The van der Waals surface area contributed by atoms with E-state index in [4.69, 9.17) is 16.6 Å². The third kappa shape index (κ3) is 3.74. The van der Waals surface area contributed by atoms with Crippen molar-refractivity contribution in [3.8, 4) is 11.4 Å². The SMILES string of the molecule is CCNc1nc(-c2cccc(Cl)c2)nc(C(C)(C)C)c1Br. The lowest BCUT2D eigenvalue weighted by atomic mass is 9.91. The van der Waals surface area contributed by atoms with Gasteiger partial charge in [-0.1, -0.05) is 44.5 Å². The molecule has 112 valence electrons. The molecule has 5 heteroatoms. The summed E-state index contributed by atoms with van der Waals surface area (Å²) in [5, 5.41) is 3.96. The molecule has 3 nitrogen and oxygen atoms in total. The number of halogens is 2. The Bertz CT molecular complexity index is 650. The molecule has 0 saturated carbocycles. The predicted molar refractivity (Wildman–Crippen MR) is 93.0 cm³/mol. The molecule has 0 amide bonds. The minimum atomic E-state index is -0.0841. The van der Waals surface area contributed by atoms with Gasteiger partial charge in [-0.15, -0.1) is 0 Å². The summed E-state index contributed by atoms with van der Waals surface area (Å²) in [6.45, 7) is 9.26. The number of rotatable bonds is 3. The molecule has 1 N–H and O–H groups in total. The lowest BCUT2D eigenvalue weighted by Gasteiger charge is -2.22. The van der Waals surface area contributed by atoms with Crippen molar-refractivity contribution in [2.24, 2.45) is 0 Å². The summed E-state index contributed by atoms with van der Waals surface area (Å²) < 4.78 is 0.919. The summed E-state index contributed by atoms with van der Waals surface area (Å²) in [4.78, 5) is 9.36. The molecule has 2 rings (SSSR count). The van der Waals surface area contributed by atoms with E-state index in [1.54, 1.807) is 0 Å². The number of hydrogen-bond acceptors (Lipinski definition) is 3. The van der Waals surface area contributed by atoms with Gasteiger partial charge in [-0.25, -0.2) is 9.97 Å². The summed E-state index contributed by atoms with van der Waals surface area (Å²) >= 11 is 9.70. The Hall–Kier alpha value is -1.13. The van der Waals surface area contributed by atoms with Crippen LogP contribution in [-0.4, -0.2) is 16.5 Å². The fourth-order valence-electron chi connectivity index (χ4n) is 1.99. The first-order chi connectivity index (χ1) is 9.82. The van der Waals surface area contributed by atoms with Crippen LogP contribution in [-0.2, 0) is 5.41 Å². The van der Waals surface area contributed by atoms with E-state index in [0.29, 0.717) is 10.8 Å². The molecule has 1 aromatic heterocycles. The maximum atomic E-state index is 6.08. The van der Waals surface area contributed by atoms with E-state index in [9.17, 15) is 0 Å². The van der Waals surface area contributed by atoms with Gasteiger partial charge in [0.25, 0.3) is 0 Å². The molecule has 1 heterocycles. The van der Waals surface area contributed by atoms with E-state index in [1.165, 1.54) is 0 Å². The van der Waals surface area contributed by atoms with Gasteiger partial charge in [0.15, 0.2) is 5.82 Å².